The van der Waals surface area contributed by atoms with Gasteiger partial charge in [-0.2, -0.15) is 9.97 Å². The van der Waals surface area contributed by atoms with Crippen LogP contribution in [0.1, 0.15) is 22.6 Å². The van der Waals surface area contributed by atoms with E-state index >= 15 is 0 Å². The molecule has 1 saturated carbocycles. The Morgan fingerprint density at radius 1 is 0.932 bits per heavy atom. The number of amides is 2. The van der Waals surface area contributed by atoms with Crippen molar-refractivity contribution >= 4 is 40.7 Å². The molecule has 1 fully saturated rings. The van der Waals surface area contributed by atoms with E-state index in [2.05, 4.69) is 20.6 Å². The van der Waals surface area contributed by atoms with Crippen molar-refractivity contribution in [3.8, 4) is 0 Å². The highest BCUT2D eigenvalue weighted by Gasteiger charge is 2.73. The van der Waals surface area contributed by atoms with Crippen molar-refractivity contribution in [2.75, 3.05) is 23.5 Å². The van der Waals surface area contributed by atoms with Gasteiger partial charge in [0, 0.05) is 41.1 Å². The van der Waals surface area contributed by atoms with E-state index in [-0.39, 0.29) is 40.0 Å². The third-order valence-corrected chi connectivity index (χ3v) is 7.70. The van der Waals surface area contributed by atoms with E-state index < -0.39 is 59.9 Å². The summed E-state index contributed by atoms with van der Waals surface area (Å²) in [7, 11) is 0. The molecule has 2 aromatic carbocycles. The molecule has 4 aromatic rings. The van der Waals surface area contributed by atoms with E-state index in [0.717, 1.165) is 15.2 Å². The van der Waals surface area contributed by atoms with Gasteiger partial charge in [-0.25, -0.2) is 22.8 Å². The number of alkyl halides is 2. The van der Waals surface area contributed by atoms with Crippen LogP contribution >= 0.6 is 11.6 Å². The van der Waals surface area contributed by atoms with Crippen molar-refractivity contribution in [1.29, 1.82) is 0 Å². The maximum Gasteiger partial charge on any atom is 0.351 e. The van der Waals surface area contributed by atoms with Crippen LogP contribution in [-0.2, 0) is 28.5 Å². The number of nitrogen functional groups attached to an aromatic ring is 2. The molecule has 5 rings (SSSR count). The molecule has 12 nitrogen and oxygen atoms in total. The number of aromatic nitrogens is 4. The van der Waals surface area contributed by atoms with Crippen molar-refractivity contribution in [2.24, 2.45) is 5.92 Å². The molecule has 6 N–H and O–H groups in total. The second kappa shape index (κ2) is 11.8. The Balaban J connectivity index is 1.66. The van der Waals surface area contributed by atoms with Gasteiger partial charge in [-0.05, 0) is 53.6 Å². The van der Waals surface area contributed by atoms with E-state index in [0.29, 0.717) is 5.56 Å². The topological polar surface area (TPSA) is 180 Å². The largest absolute Gasteiger partial charge is 0.383 e. The molecule has 2 amide bonds. The van der Waals surface area contributed by atoms with Crippen LogP contribution in [0.25, 0.3) is 0 Å². The molecule has 2 unspecified atom stereocenters. The zero-order chi connectivity index (χ0) is 31.8. The average molecular weight is 629 g/mol. The molecule has 1 aliphatic rings. The van der Waals surface area contributed by atoms with E-state index in [1.807, 2.05) is 0 Å². The Morgan fingerprint density at radius 2 is 1.57 bits per heavy atom. The normalized spacial score (nSPS) is 16.7. The fourth-order valence-electron chi connectivity index (χ4n) is 5.38. The average Bonchev–Trinajstić information content (AvgIpc) is 3.67. The highest BCUT2D eigenvalue weighted by atomic mass is 35.5. The second-order valence-electron chi connectivity index (χ2n) is 9.94. The Hall–Kier alpha value is -5.18. The van der Waals surface area contributed by atoms with Crippen LogP contribution in [0.2, 0.25) is 5.02 Å². The standard InChI is InChI=1S/C28H24ClF3N8O4/c29-18-3-2-17(10-16(18)13-35-22(41)12-31)36-25(42)24-23(14-1-4-19(32)15(9-14)11-30)28(24,39-7-5-20(33)37-26(39)43)40-8-6-21(34)38-27(40)44/h1-10,23-24H,11-13H2,(H,35,41)(H,36,42)(H2,33,37,43)(H2,34,38,44). The summed E-state index contributed by atoms with van der Waals surface area (Å²) >= 11 is 6.22. The molecule has 1 aliphatic carbocycles. The number of nitrogens with zero attached hydrogens (tertiary/aromatic N) is 4. The summed E-state index contributed by atoms with van der Waals surface area (Å²) in [5.74, 6) is -4.98. The molecule has 44 heavy (non-hydrogen) atoms. The highest BCUT2D eigenvalue weighted by Crippen LogP contribution is 2.63. The molecule has 16 heteroatoms. The van der Waals surface area contributed by atoms with Gasteiger partial charge in [0.1, 0.15) is 29.8 Å². The van der Waals surface area contributed by atoms with E-state index in [4.69, 9.17) is 23.1 Å². The molecular weight excluding hydrogens is 605 g/mol. The van der Waals surface area contributed by atoms with Crippen molar-refractivity contribution in [3.63, 3.8) is 0 Å². The minimum atomic E-state index is -1.85. The molecule has 0 spiro atoms. The smallest absolute Gasteiger partial charge is 0.351 e. The fourth-order valence-corrected chi connectivity index (χ4v) is 5.56. The first-order chi connectivity index (χ1) is 21.0. The Kier molecular flexibility index (Phi) is 8.15. The molecule has 0 saturated heterocycles. The predicted octanol–water partition coefficient (Wildman–Crippen LogP) is 2.07. The van der Waals surface area contributed by atoms with Crippen LogP contribution < -0.4 is 33.5 Å². The second-order valence-corrected chi connectivity index (χ2v) is 10.3. The number of nitrogens with one attached hydrogen (secondary N) is 2. The number of hydrogen-bond donors (Lipinski definition) is 4. The summed E-state index contributed by atoms with van der Waals surface area (Å²) in [6, 6.07) is 10.5. The van der Waals surface area contributed by atoms with Crippen molar-refractivity contribution in [2.45, 2.75) is 24.8 Å². The summed E-state index contributed by atoms with van der Waals surface area (Å²) in [5, 5.41) is 5.29. The van der Waals surface area contributed by atoms with Crippen LogP contribution in [0.3, 0.4) is 0 Å². The Labute approximate surface area is 251 Å². The van der Waals surface area contributed by atoms with Gasteiger partial charge in [0.2, 0.25) is 5.91 Å². The van der Waals surface area contributed by atoms with Crippen LogP contribution in [0.4, 0.5) is 30.5 Å². The van der Waals surface area contributed by atoms with Gasteiger partial charge in [-0.3, -0.25) is 18.7 Å². The zero-order valence-electron chi connectivity index (χ0n) is 22.6. The number of rotatable bonds is 9. The lowest BCUT2D eigenvalue weighted by Gasteiger charge is -2.24. The van der Waals surface area contributed by atoms with Crippen molar-refractivity contribution in [1.82, 2.24) is 24.4 Å². The quantitative estimate of drug-likeness (QED) is 0.217. The number of halogens is 4. The molecule has 228 valence electrons. The van der Waals surface area contributed by atoms with Crippen LogP contribution in [0.5, 0.6) is 0 Å². The number of anilines is 3. The summed E-state index contributed by atoms with van der Waals surface area (Å²) in [5.41, 5.74) is 8.23. The maximum absolute atomic E-state index is 14.3. The number of nitrogens with two attached hydrogens (primary N) is 2. The number of hydrogen-bond acceptors (Lipinski definition) is 8. The maximum atomic E-state index is 14.3. The van der Waals surface area contributed by atoms with Gasteiger partial charge < -0.3 is 22.1 Å². The lowest BCUT2D eigenvalue weighted by atomic mass is 10.0. The van der Waals surface area contributed by atoms with E-state index in [1.165, 1.54) is 54.9 Å². The number of carbonyl (C=O) groups excluding carboxylic acids is 2. The summed E-state index contributed by atoms with van der Waals surface area (Å²) in [4.78, 5) is 59.6. The lowest BCUT2D eigenvalue weighted by molar-refractivity contribution is -0.122. The first-order valence-electron chi connectivity index (χ1n) is 13.0. The Morgan fingerprint density at radius 3 is 2.14 bits per heavy atom. The molecule has 2 heterocycles. The first kappa shape index (κ1) is 30.3. The van der Waals surface area contributed by atoms with Crippen LogP contribution in [-0.4, -0.2) is 37.6 Å². The van der Waals surface area contributed by atoms with Crippen LogP contribution in [0.15, 0.2) is 70.5 Å². The summed E-state index contributed by atoms with van der Waals surface area (Å²) in [6.45, 7) is -2.52. The van der Waals surface area contributed by atoms with Gasteiger partial charge in [-0.1, -0.05) is 17.7 Å². The van der Waals surface area contributed by atoms with Gasteiger partial charge in [0.05, 0.1) is 5.92 Å². The molecule has 0 radical (unpaired) electrons. The Bertz CT molecular complexity index is 1840. The SMILES string of the molecule is Nc1ccn(C2(n3ccc(N)nc3=O)C(C(=O)Nc3ccc(Cl)c(CNC(=O)CF)c3)C2c2ccc(F)c(CF)c2)c(=O)n1. The fraction of sp³-hybridized carbons (Fsp3) is 0.214. The molecular formula is C28H24ClF3N8O4. The zero-order valence-corrected chi connectivity index (χ0v) is 23.4. The summed E-state index contributed by atoms with van der Waals surface area (Å²) in [6.07, 6.45) is 2.50. The van der Waals surface area contributed by atoms with Crippen LogP contribution in [0, 0.1) is 11.7 Å². The predicted molar refractivity (Wildman–Crippen MR) is 155 cm³/mol. The summed E-state index contributed by atoms with van der Waals surface area (Å²) < 4.78 is 42.7. The lowest BCUT2D eigenvalue weighted by Crippen LogP contribution is -2.46. The van der Waals surface area contributed by atoms with Gasteiger partial charge >= 0.3 is 11.4 Å². The highest BCUT2D eigenvalue weighted by molar-refractivity contribution is 6.31. The van der Waals surface area contributed by atoms with Crippen molar-refractivity contribution < 1.29 is 22.8 Å². The van der Waals surface area contributed by atoms with Crippen molar-refractivity contribution in [3.05, 3.63) is 109 Å². The third kappa shape index (κ3) is 5.37. The number of carbonyl (C=O) groups is 2. The molecule has 2 atom stereocenters. The van der Waals surface area contributed by atoms with Gasteiger partial charge in [-0.15, -0.1) is 0 Å². The number of benzene rings is 2. The van der Waals surface area contributed by atoms with Gasteiger partial charge in [0.15, 0.2) is 6.67 Å². The molecule has 0 aliphatic heterocycles. The van der Waals surface area contributed by atoms with E-state index in [9.17, 15) is 32.3 Å². The minimum Gasteiger partial charge on any atom is -0.383 e. The monoisotopic (exact) mass is 628 g/mol. The minimum absolute atomic E-state index is 0.127. The van der Waals surface area contributed by atoms with E-state index in [1.54, 1.807) is 0 Å². The van der Waals surface area contributed by atoms with Gasteiger partial charge in [0.25, 0.3) is 5.91 Å². The first-order valence-corrected chi connectivity index (χ1v) is 13.4. The molecule has 0 bridgehead atoms. The molecule has 2 aromatic heterocycles. The third-order valence-electron chi connectivity index (χ3n) is 7.33.